The lowest BCUT2D eigenvalue weighted by Gasteiger charge is -2.29. The number of hydrogen-bond acceptors (Lipinski definition) is 3. The fraction of sp³-hybridized carbons (Fsp3) is 0.391. The summed E-state index contributed by atoms with van der Waals surface area (Å²) in [6, 6.07) is 11.1. The van der Waals surface area contributed by atoms with Crippen molar-refractivity contribution < 1.29 is 18.7 Å². The second-order valence-corrected chi connectivity index (χ2v) is 7.07. The van der Waals surface area contributed by atoms with E-state index in [4.69, 9.17) is 4.74 Å². The Morgan fingerprint density at radius 3 is 2.55 bits per heavy atom. The van der Waals surface area contributed by atoms with Crippen LogP contribution in [0.1, 0.15) is 37.0 Å². The summed E-state index contributed by atoms with van der Waals surface area (Å²) in [5.41, 5.74) is 2.36. The van der Waals surface area contributed by atoms with E-state index in [1.165, 1.54) is 11.0 Å². The first kappa shape index (κ1) is 22.4. The van der Waals surface area contributed by atoms with Crippen molar-refractivity contribution in [2.45, 2.75) is 46.7 Å². The van der Waals surface area contributed by atoms with Gasteiger partial charge in [-0.2, -0.15) is 0 Å². The molecule has 6 heteroatoms. The van der Waals surface area contributed by atoms with E-state index in [9.17, 15) is 14.0 Å². The number of carbonyl (C=O) groups is 2. The van der Waals surface area contributed by atoms with Gasteiger partial charge in [0, 0.05) is 18.7 Å². The van der Waals surface area contributed by atoms with Crippen LogP contribution in [0.2, 0.25) is 0 Å². The van der Waals surface area contributed by atoms with E-state index >= 15 is 0 Å². The van der Waals surface area contributed by atoms with Gasteiger partial charge in [-0.15, -0.1) is 0 Å². The number of benzene rings is 2. The van der Waals surface area contributed by atoms with Crippen LogP contribution in [0.3, 0.4) is 0 Å². The number of amides is 2. The van der Waals surface area contributed by atoms with E-state index in [-0.39, 0.29) is 25.0 Å². The summed E-state index contributed by atoms with van der Waals surface area (Å²) in [6.45, 7) is 7.75. The molecule has 2 aromatic rings. The molecule has 0 heterocycles. The summed E-state index contributed by atoms with van der Waals surface area (Å²) in [5.74, 6) is -0.453. The minimum absolute atomic E-state index is 0.0115. The van der Waals surface area contributed by atoms with Gasteiger partial charge >= 0.3 is 0 Å². The zero-order valence-corrected chi connectivity index (χ0v) is 17.5. The quantitative estimate of drug-likeness (QED) is 0.697. The molecule has 2 aromatic carbocycles. The van der Waals surface area contributed by atoms with Crippen molar-refractivity contribution >= 4 is 11.8 Å². The van der Waals surface area contributed by atoms with Crippen molar-refractivity contribution in [3.8, 4) is 5.75 Å². The summed E-state index contributed by atoms with van der Waals surface area (Å²) in [4.78, 5) is 26.8. The van der Waals surface area contributed by atoms with Crippen LogP contribution in [-0.2, 0) is 16.1 Å². The highest BCUT2D eigenvalue weighted by molar-refractivity contribution is 5.88. The Labute approximate surface area is 171 Å². The molecule has 0 spiro atoms. The van der Waals surface area contributed by atoms with Crippen LogP contribution in [-0.4, -0.2) is 35.9 Å². The third kappa shape index (κ3) is 6.04. The van der Waals surface area contributed by atoms with Gasteiger partial charge in [0.05, 0.1) is 0 Å². The smallest absolute Gasteiger partial charge is 0.261 e. The van der Waals surface area contributed by atoms with Gasteiger partial charge in [0.15, 0.2) is 6.61 Å². The standard InChI is InChI=1S/C23H29FN2O3/c1-5-13-25-23(28)18(4)26(14-19-10-6-7-11-20(19)24)22(27)15-29-21-12-8-9-16(2)17(21)3/h6-12,18H,5,13-15H2,1-4H3,(H,25,28)/t18-/m1/s1. The first-order valence-corrected chi connectivity index (χ1v) is 9.84. The predicted octanol–water partition coefficient (Wildman–Crippen LogP) is 3.76. The fourth-order valence-corrected chi connectivity index (χ4v) is 2.89. The van der Waals surface area contributed by atoms with Crippen molar-refractivity contribution in [3.05, 3.63) is 65.0 Å². The predicted molar refractivity (Wildman–Crippen MR) is 111 cm³/mol. The van der Waals surface area contributed by atoms with E-state index in [0.717, 1.165) is 17.5 Å². The minimum atomic E-state index is -0.754. The van der Waals surface area contributed by atoms with Crippen molar-refractivity contribution in [3.63, 3.8) is 0 Å². The fourth-order valence-electron chi connectivity index (χ4n) is 2.89. The van der Waals surface area contributed by atoms with Gasteiger partial charge in [-0.1, -0.05) is 37.3 Å². The van der Waals surface area contributed by atoms with E-state index in [0.29, 0.717) is 17.9 Å². The molecular weight excluding hydrogens is 371 g/mol. The van der Waals surface area contributed by atoms with E-state index in [1.807, 2.05) is 32.9 Å². The average Bonchev–Trinajstić information content (AvgIpc) is 2.71. The van der Waals surface area contributed by atoms with E-state index < -0.39 is 11.9 Å². The third-order valence-electron chi connectivity index (χ3n) is 4.92. The maximum absolute atomic E-state index is 14.2. The van der Waals surface area contributed by atoms with Gasteiger partial charge in [-0.3, -0.25) is 9.59 Å². The third-order valence-corrected chi connectivity index (χ3v) is 4.92. The maximum atomic E-state index is 14.2. The molecule has 0 fully saturated rings. The van der Waals surface area contributed by atoms with Gasteiger partial charge in [0.1, 0.15) is 17.6 Å². The molecule has 0 saturated heterocycles. The van der Waals surface area contributed by atoms with Crippen LogP contribution in [0.5, 0.6) is 5.75 Å². The second kappa shape index (κ2) is 10.6. The molecule has 0 bridgehead atoms. The molecule has 2 rings (SSSR count). The number of nitrogens with zero attached hydrogens (tertiary/aromatic N) is 1. The minimum Gasteiger partial charge on any atom is -0.483 e. The summed E-state index contributed by atoms with van der Waals surface area (Å²) in [7, 11) is 0. The lowest BCUT2D eigenvalue weighted by Crippen LogP contribution is -2.49. The molecule has 0 aliphatic heterocycles. The number of nitrogens with one attached hydrogen (secondary N) is 1. The van der Waals surface area contributed by atoms with Crippen LogP contribution >= 0.6 is 0 Å². The Morgan fingerprint density at radius 2 is 1.86 bits per heavy atom. The number of halogens is 1. The van der Waals surface area contributed by atoms with Gasteiger partial charge in [0.2, 0.25) is 5.91 Å². The molecule has 0 aliphatic carbocycles. The molecule has 0 saturated carbocycles. The largest absolute Gasteiger partial charge is 0.483 e. The first-order chi connectivity index (χ1) is 13.8. The van der Waals surface area contributed by atoms with Crippen LogP contribution in [0.15, 0.2) is 42.5 Å². The van der Waals surface area contributed by atoms with Gasteiger partial charge in [0.25, 0.3) is 5.91 Å². The zero-order chi connectivity index (χ0) is 21.4. The van der Waals surface area contributed by atoms with Crippen molar-refractivity contribution in [2.24, 2.45) is 0 Å². The topological polar surface area (TPSA) is 58.6 Å². The molecule has 0 radical (unpaired) electrons. The van der Waals surface area contributed by atoms with Crippen LogP contribution in [0, 0.1) is 19.7 Å². The van der Waals surface area contributed by atoms with Gasteiger partial charge in [-0.25, -0.2) is 4.39 Å². The number of carbonyl (C=O) groups excluding carboxylic acids is 2. The molecule has 29 heavy (non-hydrogen) atoms. The van der Waals surface area contributed by atoms with E-state index in [1.54, 1.807) is 31.2 Å². The van der Waals surface area contributed by atoms with Crippen LogP contribution in [0.4, 0.5) is 4.39 Å². The SMILES string of the molecule is CCCNC(=O)[C@@H](C)N(Cc1ccccc1F)C(=O)COc1cccc(C)c1C. The molecule has 1 N–H and O–H groups in total. The van der Waals surface area contributed by atoms with E-state index in [2.05, 4.69) is 5.32 Å². The summed E-state index contributed by atoms with van der Waals surface area (Å²) < 4.78 is 19.9. The molecule has 5 nitrogen and oxygen atoms in total. The molecule has 0 aromatic heterocycles. The highest BCUT2D eigenvalue weighted by Gasteiger charge is 2.27. The van der Waals surface area contributed by atoms with Crippen molar-refractivity contribution in [1.82, 2.24) is 10.2 Å². The number of hydrogen-bond donors (Lipinski definition) is 1. The number of rotatable bonds is 9. The Balaban J connectivity index is 2.18. The summed E-state index contributed by atoms with van der Waals surface area (Å²) in [6.07, 6.45) is 0.787. The Hall–Kier alpha value is -2.89. The van der Waals surface area contributed by atoms with Crippen LogP contribution < -0.4 is 10.1 Å². The number of aryl methyl sites for hydroxylation is 1. The monoisotopic (exact) mass is 400 g/mol. The average molecular weight is 400 g/mol. The molecule has 2 amide bonds. The molecular formula is C23H29FN2O3. The van der Waals surface area contributed by atoms with Gasteiger partial charge in [-0.05, 0) is 50.5 Å². The zero-order valence-electron chi connectivity index (χ0n) is 17.5. The normalized spacial score (nSPS) is 11.6. The Morgan fingerprint density at radius 1 is 1.14 bits per heavy atom. The van der Waals surface area contributed by atoms with Crippen molar-refractivity contribution in [1.29, 1.82) is 0 Å². The summed E-state index contributed by atoms with van der Waals surface area (Å²) >= 11 is 0. The lowest BCUT2D eigenvalue weighted by atomic mass is 10.1. The molecule has 1 atom stereocenters. The molecule has 0 unspecified atom stereocenters. The molecule has 0 aliphatic rings. The van der Waals surface area contributed by atoms with Crippen molar-refractivity contribution in [2.75, 3.05) is 13.2 Å². The lowest BCUT2D eigenvalue weighted by molar-refractivity contribution is -0.142. The highest BCUT2D eigenvalue weighted by Crippen LogP contribution is 2.21. The highest BCUT2D eigenvalue weighted by atomic mass is 19.1. The first-order valence-electron chi connectivity index (χ1n) is 9.84. The second-order valence-electron chi connectivity index (χ2n) is 7.07. The number of ether oxygens (including phenoxy) is 1. The Bertz CT molecular complexity index is 854. The Kier molecular flexibility index (Phi) is 8.19. The molecule has 156 valence electrons. The maximum Gasteiger partial charge on any atom is 0.261 e. The van der Waals surface area contributed by atoms with Crippen LogP contribution in [0.25, 0.3) is 0 Å². The van der Waals surface area contributed by atoms with Gasteiger partial charge < -0.3 is 15.0 Å². The summed E-state index contributed by atoms with van der Waals surface area (Å²) in [5, 5.41) is 2.79.